The minimum absolute atomic E-state index is 0.00496. The van der Waals surface area contributed by atoms with E-state index in [-0.39, 0.29) is 18.3 Å². The van der Waals surface area contributed by atoms with Gasteiger partial charge in [0.15, 0.2) is 0 Å². The van der Waals surface area contributed by atoms with Crippen molar-refractivity contribution in [3.05, 3.63) is 40.8 Å². The van der Waals surface area contributed by atoms with Crippen LogP contribution >= 0.6 is 11.3 Å². The Labute approximate surface area is 195 Å². The number of hydrogen-bond acceptors (Lipinski definition) is 9. The molecule has 0 radical (unpaired) electrons. The number of fused-ring (bicyclic) bond motifs is 1. The number of esters is 1. The molecule has 0 spiro atoms. The topological polar surface area (TPSA) is 91.8 Å². The Bertz CT molecular complexity index is 1140. The first kappa shape index (κ1) is 23.3. The van der Waals surface area contributed by atoms with Crippen molar-refractivity contribution in [2.45, 2.75) is 44.5 Å². The third kappa shape index (κ3) is 4.92. The third-order valence-corrected chi connectivity index (χ3v) is 7.01. The number of anilines is 2. The maximum atomic E-state index is 14.1. The lowest BCUT2D eigenvalue weighted by atomic mass is 9.92. The van der Waals surface area contributed by atoms with Crippen LogP contribution in [0.25, 0.3) is 10.2 Å². The van der Waals surface area contributed by atoms with Crippen LogP contribution in [0, 0.1) is 12.7 Å². The number of aromatic nitrogens is 2. The van der Waals surface area contributed by atoms with Crippen LogP contribution in [-0.4, -0.2) is 55.6 Å². The fraction of sp³-hybridized carbons (Fsp3) is 0.435. The number of hydrogen-bond donors (Lipinski definition) is 1. The van der Waals surface area contributed by atoms with E-state index in [2.05, 4.69) is 15.3 Å². The molecule has 1 saturated carbocycles. The van der Waals surface area contributed by atoms with E-state index >= 15 is 0 Å². The summed E-state index contributed by atoms with van der Waals surface area (Å²) in [6.45, 7) is 1.82. The van der Waals surface area contributed by atoms with E-state index in [9.17, 15) is 9.18 Å². The number of carbonyl (C=O) groups excluding carboxylic acids is 1. The van der Waals surface area contributed by atoms with Gasteiger partial charge in [-0.2, -0.15) is 0 Å². The summed E-state index contributed by atoms with van der Waals surface area (Å²) in [5.74, 6) is 0.0170. The Balaban J connectivity index is 1.65. The van der Waals surface area contributed by atoms with E-state index in [4.69, 9.17) is 18.9 Å². The van der Waals surface area contributed by atoms with Crippen LogP contribution in [0.15, 0.2) is 24.5 Å². The molecule has 0 aliphatic heterocycles. The number of nitrogens with zero attached hydrogens (tertiary/aromatic N) is 2. The predicted molar refractivity (Wildman–Crippen MR) is 123 cm³/mol. The van der Waals surface area contributed by atoms with Crippen LogP contribution in [0.3, 0.4) is 0 Å². The van der Waals surface area contributed by atoms with Crippen molar-refractivity contribution in [1.82, 2.24) is 9.97 Å². The van der Waals surface area contributed by atoms with Crippen molar-refractivity contribution in [2.75, 3.05) is 26.6 Å². The van der Waals surface area contributed by atoms with Gasteiger partial charge in [-0.1, -0.05) is 0 Å². The summed E-state index contributed by atoms with van der Waals surface area (Å²) in [6, 6.07) is 4.30. The SMILES string of the molecule is COC(=O)c1sc2ncnc(Nc3ccc(F)cc3OC3CC(OC)CC(OC)C3)c2c1C. The molecule has 0 saturated heterocycles. The quantitative estimate of drug-likeness (QED) is 0.495. The molecule has 0 amide bonds. The highest BCUT2D eigenvalue weighted by Crippen LogP contribution is 2.38. The van der Waals surface area contributed by atoms with E-state index in [1.165, 1.54) is 36.9 Å². The van der Waals surface area contributed by atoms with Crippen molar-refractivity contribution in [3.63, 3.8) is 0 Å². The lowest BCUT2D eigenvalue weighted by Gasteiger charge is -2.34. The first-order valence-corrected chi connectivity index (χ1v) is 11.4. The predicted octanol–water partition coefficient (Wildman–Crippen LogP) is 4.63. The zero-order valence-electron chi connectivity index (χ0n) is 18.9. The average Bonchev–Trinajstić information content (AvgIpc) is 3.17. The first-order chi connectivity index (χ1) is 15.9. The van der Waals surface area contributed by atoms with Gasteiger partial charge < -0.3 is 24.3 Å². The van der Waals surface area contributed by atoms with Gasteiger partial charge in [0.1, 0.15) is 39.5 Å². The van der Waals surface area contributed by atoms with Crippen LogP contribution in [0.4, 0.5) is 15.9 Å². The Morgan fingerprint density at radius 2 is 1.79 bits per heavy atom. The van der Waals surface area contributed by atoms with Crippen molar-refractivity contribution >= 4 is 39.0 Å². The molecule has 1 aliphatic carbocycles. The van der Waals surface area contributed by atoms with Crippen LogP contribution in [-0.2, 0) is 14.2 Å². The summed E-state index contributed by atoms with van der Waals surface area (Å²) in [5, 5.41) is 3.95. The molecule has 2 atom stereocenters. The number of nitrogens with one attached hydrogen (secondary N) is 1. The van der Waals surface area contributed by atoms with Crippen molar-refractivity contribution < 1.29 is 28.1 Å². The molecule has 1 N–H and O–H groups in total. The van der Waals surface area contributed by atoms with Crippen LogP contribution < -0.4 is 10.1 Å². The smallest absolute Gasteiger partial charge is 0.348 e. The number of methoxy groups -OCH3 is 3. The first-order valence-electron chi connectivity index (χ1n) is 10.5. The number of ether oxygens (including phenoxy) is 4. The summed E-state index contributed by atoms with van der Waals surface area (Å²) in [4.78, 5) is 21.9. The molecular formula is C23H26FN3O5S. The minimum Gasteiger partial charge on any atom is -0.488 e. The monoisotopic (exact) mass is 475 g/mol. The summed E-state index contributed by atoms with van der Waals surface area (Å²) in [6.07, 6.45) is 3.37. The molecule has 10 heteroatoms. The fourth-order valence-electron chi connectivity index (χ4n) is 4.11. The highest BCUT2D eigenvalue weighted by molar-refractivity contribution is 7.20. The molecule has 176 valence electrons. The van der Waals surface area contributed by atoms with Crippen LogP contribution in [0.1, 0.15) is 34.5 Å². The summed E-state index contributed by atoms with van der Waals surface area (Å²) in [7, 11) is 4.68. The lowest BCUT2D eigenvalue weighted by Crippen LogP contribution is -2.38. The Morgan fingerprint density at radius 3 is 2.45 bits per heavy atom. The maximum Gasteiger partial charge on any atom is 0.348 e. The second kappa shape index (κ2) is 9.98. The largest absolute Gasteiger partial charge is 0.488 e. The van der Waals surface area contributed by atoms with E-state index in [0.29, 0.717) is 50.8 Å². The average molecular weight is 476 g/mol. The Morgan fingerprint density at radius 1 is 1.09 bits per heavy atom. The lowest BCUT2D eigenvalue weighted by molar-refractivity contribution is -0.0498. The van der Waals surface area contributed by atoms with Gasteiger partial charge in [-0.15, -0.1) is 11.3 Å². The van der Waals surface area contributed by atoms with Crippen molar-refractivity contribution in [2.24, 2.45) is 0 Å². The van der Waals surface area contributed by atoms with Crippen molar-refractivity contribution in [1.29, 1.82) is 0 Å². The highest BCUT2D eigenvalue weighted by atomic mass is 32.1. The molecule has 8 nitrogen and oxygen atoms in total. The molecular weight excluding hydrogens is 449 g/mol. The second-order valence-corrected chi connectivity index (χ2v) is 8.88. The number of carbonyl (C=O) groups is 1. The number of aryl methyl sites for hydroxylation is 1. The zero-order chi connectivity index (χ0) is 23.5. The molecule has 1 aliphatic rings. The molecule has 2 unspecified atom stereocenters. The molecule has 1 fully saturated rings. The molecule has 33 heavy (non-hydrogen) atoms. The van der Waals surface area contributed by atoms with Gasteiger partial charge in [0.25, 0.3) is 0 Å². The van der Waals surface area contributed by atoms with Crippen LogP contribution in [0.5, 0.6) is 5.75 Å². The minimum atomic E-state index is -0.426. The van der Waals surface area contributed by atoms with E-state index < -0.39 is 11.8 Å². The normalized spacial score (nSPS) is 20.6. The number of thiophene rings is 1. The third-order valence-electron chi connectivity index (χ3n) is 5.83. The molecule has 3 aromatic rings. The van der Waals surface area contributed by atoms with Crippen LogP contribution in [0.2, 0.25) is 0 Å². The molecule has 2 aromatic heterocycles. The van der Waals surface area contributed by atoms with Gasteiger partial charge in [-0.05, 0) is 24.6 Å². The van der Waals surface area contributed by atoms with Gasteiger partial charge in [-0.3, -0.25) is 0 Å². The molecule has 4 rings (SSSR count). The standard InChI is InChI=1S/C23H26FN3O5S/c1-12-19-21(25-11-26-22(19)33-20(12)23(28)31-4)27-17-6-5-13(24)7-18(17)32-16-9-14(29-2)8-15(10-16)30-3/h5-7,11,14-16H,8-10H2,1-4H3,(H,25,26,27). The molecule has 0 bridgehead atoms. The zero-order valence-corrected chi connectivity index (χ0v) is 19.7. The Kier molecular flexibility index (Phi) is 7.06. The number of benzene rings is 1. The van der Waals surface area contributed by atoms with Crippen molar-refractivity contribution in [3.8, 4) is 5.75 Å². The van der Waals surface area contributed by atoms with E-state index in [0.717, 1.165) is 6.42 Å². The molecule has 1 aromatic carbocycles. The highest BCUT2D eigenvalue weighted by Gasteiger charge is 2.31. The van der Waals surface area contributed by atoms with Gasteiger partial charge in [-0.25, -0.2) is 19.2 Å². The summed E-state index contributed by atoms with van der Waals surface area (Å²) in [5.41, 5.74) is 1.27. The summed E-state index contributed by atoms with van der Waals surface area (Å²) < 4.78 is 36.3. The maximum absolute atomic E-state index is 14.1. The van der Waals surface area contributed by atoms with Gasteiger partial charge >= 0.3 is 5.97 Å². The van der Waals surface area contributed by atoms with Gasteiger partial charge in [0.2, 0.25) is 0 Å². The van der Waals surface area contributed by atoms with E-state index in [1.54, 1.807) is 20.3 Å². The molecule has 2 heterocycles. The van der Waals surface area contributed by atoms with E-state index in [1.807, 2.05) is 6.92 Å². The number of halogens is 1. The van der Waals surface area contributed by atoms with Gasteiger partial charge in [0, 0.05) is 39.5 Å². The van der Waals surface area contributed by atoms with Gasteiger partial charge in [0.05, 0.1) is 30.4 Å². The fourth-order valence-corrected chi connectivity index (χ4v) is 5.17. The number of rotatable bonds is 7. The second-order valence-electron chi connectivity index (χ2n) is 7.88. The summed E-state index contributed by atoms with van der Waals surface area (Å²) >= 11 is 1.24. The Hall–Kier alpha value is -2.82.